The molecule has 2 fully saturated rings. The number of hydrogen-bond donors (Lipinski definition) is 3. The molecule has 1 heterocycles. The highest BCUT2D eigenvalue weighted by molar-refractivity contribution is 5.90. The normalized spacial score (nSPS) is 22.4. The van der Waals surface area contributed by atoms with E-state index in [9.17, 15) is 24.6 Å². The molecule has 0 aromatic heterocycles. The average molecular weight is 450 g/mol. The van der Waals surface area contributed by atoms with Crippen LogP contribution in [0.3, 0.4) is 0 Å². The Balaban J connectivity index is 1.27. The first-order chi connectivity index (χ1) is 15.9. The van der Waals surface area contributed by atoms with E-state index in [1.54, 1.807) is 0 Å². The summed E-state index contributed by atoms with van der Waals surface area (Å²) in [6.07, 6.45) is -0.0516. The Morgan fingerprint density at radius 3 is 2.21 bits per heavy atom. The first-order valence-electron chi connectivity index (χ1n) is 11.3. The number of carbonyl (C=O) groups excluding carboxylic acids is 2. The Labute approximate surface area is 191 Å². The summed E-state index contributed by atoms with van der Waals surface area (Å²) in [6, 6.07) is 14.1. The van der Waals surface area contributed by atoms with Gasteiger partial charge < -0.3 is 25.2 Å². The van der Waals surface area contributed by atoms with Crippen molar-refractivity contribution in [3.8, 4) is 11.1 Å². The molecule has 1 saturated heterocycles. The largest absolute Gasteiger partial charge is 0.480 e. The van der Waals surface area contributed by atoms with Gasteiger partial charge >= 0.3 is 12.1 Å². The number of hydrogen-bond acceptors (Lipinski definition) is 5. The van der Waals surface area contributed by atoms with Gasteiger partial charge in [0.2, 0.25) is 5.91 Å². The molecule has 8 nitrogen and oxygen atoms in total. The van der Waals surface area contributed by atoms with Crippen LogP contribution in [0.4, 0.5) is 4.79 Å². The van der Waals surface area contributed by atoms with Crippen molar-refractivity contribution in [3.63, 3.8) is 0 Å². The third-order valence-corrected chi connectivity index (χ3v) is 6.82. The molecule has 1 saturated carbocycles. The number of rotatable bonds is 6. The van der Waals surface area contributed by atoms with Gasteiger partial charge in [0.1, 0.15) is 18.7 Å². The van der Waals surface area contributed by atoms with Crippen LogP contribution in [-0.2, 0) is 14.3 Å². The Hall–Kier alpha value is -3.39. The second-order valence-corrected chi connectivity index (χ2v) is 9.02. The van der Waals surface area contributed by atoms with E-state index in [0.29, 0.717) is 0 Å². The number of aliphatic carboxylic acids is 1. The molecule has 2 aliphatic carbocycles. The van der Waals surface area contributed by atoms with Gasteiger partial charge in [-0.15, -0.1) is 0 Å². The van der Waals surface area contributed by atoms with Crippen molar-refractivity contribution in [1.82, 2.24) is 10.2 Å². The van der Waals surface area contributed by atoms with Crippen molar-refractivity contribution in [3.05, 3.63) is 59.7 Å². The number of β-amino-alcohol motifs (C(OH)–C–C–N with tert-alkyl or cyclic N) is 1. The van der Waals surface area contributed by atoms with Gasteiger partial charge in [0, 0.05) is 18.9 Å². The Bertz CT molecular complexity index is 1050. The minimum atomic E-state index is -1.16. The summed E-state index contributed by atoms with van der Waals surface area (Å²) in [5.74, 6) is -1.78. The van der Waals surface area contributed by atoms with Crippen molar-refractivity contribution in [1.29, 1.82) is 0 Å². The number of amides is 2. The monoisotopic (exact) mass is 450 g/mol. The van der Waals surface area contributed by atoms with Crippen LogP contribution in [0.1, 0.15) is 36.3 Å². The van der Waals surface area contributed by atoms with Crippen molar-refractivity contribution in [2.75, 3.05) is 13.2 Å². The van der Waals surface area contributed by atoms with E-state index >= 15 is 0 Å². The standard InChI is InChI=1S/C25H26N2O6/c28-15-11-21(24(30)31)27(12-15)23(29)22(14-9-10-14)26-25(32)33-13-20-18-7-3-1-5-16(18)17-6-2-4-8-19(17)20/h1-8,14-15,20-22,28H,9-13H2,(H,26,32)(H,30,31)/t15-,21+,22?/m1/s1. The highest BCUT2D eigenvalue weighted by Gasteiger charge is 2.46. The predicted octanol–water partition coefficient (Wildman–Crippen LogP) is 2.35. The number of benzene rings is 2. The number of fused-ring (bicyclic) bond motifs is 3. The van der Waals surface area contributed by atoms with Crippen molar-refractivity contribution in [2.24, 2.45) is 5.92 Å². The highest BCUT2D eigenvalue weighted by atomic mass is 16.5. The number of alkyl carbamates (subject to hydrolysis) is 1. The summed E-state index contributed by atoms with van der Waals surface area (Å²) >= 11 is 0. The van der Waals surface area contributed by atoms with E-state index in [0.717, 1.165) is 35.1 Å². The molecule has 172 valence electrons. The Morgan fingerprint density at radius 1 is 1.03 bits per heavy atom. The van der Waals surface area contributed by atoms with Crippen LogP contribution < -0.4 is 5.32 Å². The van der Waals surface area contributed by atoms with Crippen LogP contribution >= 0.6 is 0 Å². The summed E-state index contributed by atoms with van der Waals surface area (Å²) < 4.78 is 5.57. The molecule has 5 rings (SSSR count). The van der Waals surface area contributed by atoms with Crippen molar-refractivity contribution < 1.29 is 29.3 Å². The van der Waals surface area contributed by atoms with Gasteiger partial charge in [-0.1, -0.05) is 48.5 Å². The van der Waals surface area contributed by atoms with Crippen LogP contribution in [0.2, 0.25) is 0 Å². The molecule has 3 N–H and O–H groups in total. The summed E-state index contributed by atoms with van der Waals surface area (Å²) in [6.45, 7) is 0.0804. The van der Waals surface area contributed by atoms with Gasteiger partial charge in [-0.25, -0.2) is 9.59 Å². The smallest absolute Gasteiger partial charge is 0.407 e. The average Bonchev–Trinajstić information content (AvgIpc) is 3.50. The van der Waals surface area contributed by atoms with Crippen LogP contribution in [0, 0.1) is 5.92 Å². The van der Waals surface area contributed by atoms with Crippen molar-refractivity contribution in [2.45, 2.75) is 43.4 Å². The summed E-state index contributed by atoms with van der Waals surface area (Å²) in [5, 5.41) is 22.0. The van der Waals surface area contributed by atoms with Gasteiger partial charge in [0.05, 0.1) is 6.10 Å². The van der Waals surface area contributed by atoms with E-state index < -0.39 is 36.2 Å². The lowest BCUT2D eigenvalue weighted by Crippen LogP contribution is -2.53. The number of nitrogens with one attached hydrogen (secondary N) is 1. The first kappa shape index (κ1) is 21.5. The van der Waals surface area contributed by atoms with E-state index in [-0.39, 0.29) is 31.4 Å². The van der Waals surface area contributed by atoms with Crippen LogP contribution in [-0.4, -0.2) is 64.4 Å². The minimum absolute atomic E-state index is 0.0105. The maximum Gasteiger partial charge on any atom is 0.407 e. The second kappa shape index (κ2) is 8.51. The molecule has 2 amide bonds. The molecule has 2 aromatic carbocycles. The summed E-state index contributed by atoms with van der Waals surface area (Å²) in [4.78, 5) is 38.5. The number of nitrogens with zero attached hydrogens (tertiary/aromatic N) is 1. The zero-order chi connectivity index (χ0) is 23.1. The van der Waals surface area contributed by atoms with Crippen LogP contribution in [0.15, 0.2) is 48.5 Å². The molecule has 3 aliphatic rings. The Kier molecular flexibility index (Phi) is 5.54. The van der Waals surface area contributed by atoms with Crippen LogP contribution in [0.5, 0.6) is 0 Å². The fraction of sp³-hybridized carbons (Fsp3) is 0.400. The Morgan fingerprint density at radius 2 is 1.64 bits per heavy atom. The zero-order valence-corrected chi connectivity index (χ0v) is 18.0. The molecule has 33 heavy (non-hydrogen) atoms. The predicted molar refractivity (Wildman–Crippen MR) is 118 cm³/mol. The zero-order valence-electron chi connectivity index (χ0n) is 18.0. The highest BCUT2D eigenvalue weighted by Crippen LogP contribution is 2.44. The lowest BCUT2D eigenvalue weighted by molar-refractivity contribution is -0.149. The first-order valence-corrected chi connectivity index (χ1v) is 11.3. The number of likely N-dealkylation sites (tertiary alicyclic amines) is 1. The molecular formula is C25H26N2O6. The van der Waals surface area contributed by atoms with E-state index in [1.165, 1.54) is 4.90 Å². The number of carboxylic acids is 1. The number of aliphatic hydroxyl groups excluding tert-OH is 1. The maximum absolute atomic E-state index is 13.1. The molecule has 0 bridgehead atoms. The summed E-state index contributed by atoms with van der Waals surface area (Å²) in [5.41, 5.74) is 4.44. The molecule has 0 spiro atoms. The molecule has 1 unspecified atom stereocenters. The molecule has 1 aliphatic heterocycles. The fourth-order valence-corrected chi connectivity index (χ4v) is 5.05. The van der Waals surface area contributed by atoms with E-state index in [2.05, 4.69) is 17.4 Å². The number of carbonyl (C=O) groups is 3. The molecule has 3 atom stereocenters. The number of ether oxygens (including phenoxy) is 1. The lowest BCUT2D eigenvalue weighted by Gasteiger charge is -2.27. The van der Waals surface area contributed by atoms with Crippen molar-refractivity contribution >= 4 is 18.0 Å². The third kappa shape index (κ3) is 4.06. The van der Waals surface area contributed by atoms with Crippen LogP contribution in [0.25, 0.3) is 11.1 Å². The lowest BCUT2D eigenvalue weighted by atomic mass is 9.98. The molecule has 8 heteroatoms. The molecular weight excluding hydrogens is 424 g/mol. The maximum atomic E-state index is 13.1. The number of aliphatic hydroxyl groups is 1. The number of carboxylic acid groups (broad SMARTS) is 1. The van der Waals surface area contributed by atoms with E-state index in [4.69, 9.17) is 4.74 Å². The van der Waals surface area contributed by atoms with Gasteiger partial charge in [0.25, 0.3) is 0 Å². The molecule has 0 radical (unpaired) electrons. The van der Waals surface area contributed by atoms with Gasteiger partial charge in [-0.3, -0.25) is 4.79 Å². The molecule has 2 aromatic rings. The second-order valence-electron chi connectivity index (χ2n) is 9.02. The van der Waals surface area contributed by atoms with Gasteiger partial charge in [-0.05, 0) is 41.0 Å². The quantitative estimate of drug-likeness (QED) is 0.622. The van der Waals surface area contributed by atoms with E-state index in [1.807, 2.05) is 36.4 Å². The SMILES string of the molecule is O=C(NC(C(=O)N1C[C@H](O)C[C@H]1C(=O)O)C1CC1)OCC1c2ccccc2-c2ccccc21. The summed E-state index contributed by atoms with van der Waals surface area (Å²) in [7, 11) is 0. The minimum Gasteiger partial charge on any atom is -0.480 e. The fourth-order valence-electron chi connectivity index (χ4n) is 5.05. The van der Waals surface area contributed by atoms with Gasteiger partial charge in [-0.2, -0.15) is 0 Å². The third-order valence-electron chi connectivity index (χ3n) is 6.82. The topological polar surface area (TPSA) is 116 Å². The van der Waals surface area contributed by atoms with Gasteiger partial charge in [0.15, 0.2) is 0 Å².